The smallest absolute Gasteiger partial charge is 0.274 e. The highest BCUT2D eigenvalue weighted by Gasteiger charge is 2.08. The largest absolute Gasteiger partial charge is 0.321 e. The molecule has 0 bridgehead atoms. The third-order valence-corrected chi connectivity index (χ3v) is 2.84. The van der Waals surface area contributed by atoms with Crippen molar-refractivity contribution >= 4 is 23.2 Å². The molecule has 0 atom stereocenters. The lowest BCUT2D eigenvalue weighted by Gasteiger charge is -2.06. The van der Waals surface area contributed by atoms with Crippen LogP contribution in [-0.4, -0.2) is 17.4 Å². The second-order valence-corrected chi connectivity index (χ2v) is 4.42. The van der Waals surface area contributed by atoms with Gasteiger partial charge >= 0.3 is 0 Å². The summed E-state index contributed by atoms with van der Waals surface area (Å²) in [6.07, 6.45) is 0.981. The molecule has 6 heteroatoms. The number of halogens is 2. The van der Waals surface area contributed by atoms with Gasteiger partial charge in [-0.1, -0.05) is 23.4 Å². The lowest BCUT2D eigenvalue weighted by molar-refractivity contribution is 0.102. The number of hydrogen-bond acceptors (Lipinski definition) is 3. The molecule has 2 rings (SSSR count). The van der Waals surface area contributed by atoms with Crippen molar-refractivity contribution in [2.75, 3.05) is 11.9 Å². The summed E-state index contributed by atoms with van der Waals surface area (Å²) in [5.74, 6) is 4.55. The highest BCUT2D eigenvalue weighted by atomic mass is 35.5. The monoisotopic (exact) mass is 303 g/mol. The van der Waals surface area contributed by atoms with Gasteiger partial charge in [-0.2, -0.15) is 0 Å². The first kappa shape index (κ1) is 15.0. The van der Waals surface area contributed by atoms with Crippen molar-refractivity contribution in [1.29, 1.82) is 0 Å². The maximum atomic E-state index is 12.8. The first-order chi connectivity index (χ1) is 10.1. The number of anilines is 1. The Hall–Kier alpha value is -2.42. The molecule has 0 saturated heterocycles. The summed E-state index contributed by atoms with van der Waals surface area (Å²) in [5, 5.41) is 3.11. The molecular formula is C15H11ClFN3O. The van der Waals surface area contributed by atoms with E-state index in [1.807, 2.05) is 0 Å². The maximum Gasteiger partial charge on any atom is 0.274 e. The average Bonchev–Trinajstić information content (AvgIpc) is 2.48. The Bertz CT molecular complexity index is 720. The number of hydrogen-bond donors (Lipinski definition) is 2. The van der Waals surface area contributed by atoms with Gasteiger partial charge in [0.2, 0.25) is 0 Å². The van der Waals surface area contributed by atoms with Crippen LogP contribution in [0.4, 0.5) is 10.1 Å². The number of nitrogens with one attached hydrogen (secondary N) is 1. The number of carbonyl (C=O) groups is 1. The molecule has 3 N–H and O–H groups in total. The second-order valence-electron chi connectivity index (χ2n) is 4.02. The number of carbonyl (C=O) groups excluding carboxylic acids is 1. The summed E-state index contributed by atoms with van der Waals surface area (Å²) in [5.41, 5.74) is 6.49. The van der Waals surface area contributed by atoms with Gasteiger partial charge in [-0.3, -0.25) is 4.79 Å². The van der Waals surface area contributed by atoms with Crippen LogP contribution in [-0.2, 0) is 0 Å². The Morgan fingerprint density at radius 1 is 1.38 bits per heavy atom. The van der Waals surface area contributed by atoms with Gasteiger partial charge in [0.15, 0.2) is 0 Å². The van der Waals surface area contributed by atoms with Crippen LogP contribution in [0.2, 0.25) is 5.02 Å². The van der Waals surface area contributed by atoms with E-state index >= 15 is 0 Å². The second kappa shape index (κ2) is 6.84. The quantitative estimate of drug-likeness (QED) is 0.837. The maximum absolute atomic E-state index is 12.8. The van der Waals surface area contributed by atoms with E-state index in [4.69, 9.17) is 17.3 Å². The Labute approximate surface area is 126 Å². The fourth-order valence-electron chi connectivity index (χ4n) is 1.55. The van der Waals surface area contributed by atoms with Crippen molar-refractivity contribution in [3.8, 4) is 11.8 Å². The Morgan fingerprint density at radius 3 is 2.86 bits per heavy atom. The summed E-state index contributed by atoms with van der Waals surface area (Å²) in [7, 11) is 0. The van der Waals surface area contributed by atoms with E-state index in [-0.39, 0.29) is 12.2 Å². The molecule has 1 heterocycles. The number of nitrogens with zero attached hydrogens (tertiary/aromatic N) is 1. The summed E-state index contributed by atoms with van der Waals surface area (Å²) < 4.78 is 12.8. The number of aromatic nitrogens is 1. The van der Waals surface area contributed by atoms with Gasteiger partial charge in [-0.05, 0) is 30.3 Å². The fourth-order valence-corrected chi connectivity index (χ4v) is 1.72. The fraction of sp³-hybridized carbons (Fsp3) is 0.0667. The Balaban J connectivity index is 2.19. The van der Waals surface area contributed by atoms with Gasteiger partial charge in [0.25, 0.3) is 5.91 Å². The predicted molar refractivity (Wildman–Crippen MR) is 79.5 cm³/mol. The normalized spacial score (nSPS) is 9.67. The first-order valence-electron chi connectivity index (χ1n) is 6.01. The van der Waals surface area contributed by atoms with E-state index in [9.17, 15) is 9.18 Å². The third-order valence-electron chi connectivity index (χ3n) is 2.51. The van der Waals surface area contributed by atoms with Crippen LogP contribution in [0.1, 0.15) is 16.1 Å². The Kier molecular flexibility index (Phi) is 4.88. The van der Waals surface area contributed by atoms with E-state index in [0.29, 0.717) is 16.3 Å². The molecule has 4 nitrogen and oxygen atoms in total. The summed E-state index contributed by atoms with van der Waals surface area (Å²) in [6.45, 7) is 0.215. The predicted octanol–water partition coefficient (Wildman–Crippen LogP) is 2.44. The average molecular weight is 304 g/mol. The molecule has 0 aliphatic carbocycles. The first-order valence-corrected chi connectivity index (χ1v) is 6.39. The van der Waals surface area contributed by atoms with Crippen molar-refractivity contribution in [1.82, 2.24) is 4.98 Å². The number of pyridine rings is 1. The van der Waals surface area contributed by atoms with E-state index in [2.05, 4.69) is 22.1 Å². The lowest BCUT2D eigenvalue weighted by atomic mass is 10.2. The van der Waals surface area contributed by atoms with E-state index in [1.165, 1.54) is 12.1 Å². The van der Waals surface area contributed by atoms with Gasteiger partial charge in [-0.15, -0.1) is 0 Å². The molecule has 0 aliphatic heterocycles. The highest BCUT2D eigenvalue weighted by molar-refractivity contribution is 6.31. The molecule has 0 unspecified atom stereocenters. The lowest BCUT2D eigenvalue weighted by Crippen LogP contribution is -2.13. The number of nitrogens with two attached hydrogens (primary N) is 1. The van der Waals surface area contributed by atoms with Gasteiger partial charge < -0.3 is 11.1 Å². The van der Waals surface area contributed by atoms with Gasteiger partial charge in [0.1, 0.15) is 11.5 Å². The topological polar surface area (TPSA) is 68.0 Å². The van der Waals surface area contributed by atoms with Gasteiger partial charge in [-0.25, -0.2) is 9.37 Å². The van der Waals surface area contributed by atoms with Crippen LogP contribution in [0.5, 0.6) is 0 Å². The van der Waals surface area contributed by atoms with E-state index in [1.54, 1.807) is 18.2 Å². The van der Waals surface area contributed by atoms with Crippen LogP contribution >= 0.6 is 11.6 Å². The van der Waals surface area contributed by atoms with Crippen molar-refractivity contribution < 1.29 is 9.18 Å². The zero-order chi connectivity index (χ0) is 15.2. The summed E-state index contributed by atoms with van der Waals surface area (Å²) >= 11 is 5.99. The van der Waals surface area contributed by atoms with Crippen molar-refractivity contribution in [3.05, 3.63) is 58.6 Å². The summed E-state index contributed by atoms with van der Waals surface area (Å²) in [6, 6.07) is 7.36. The number of amides is 1. The minimum absolute atomic E-state index is 0.112. The molecular weight excluding hydrogens is 293 g/mol. The molecule has 0 saturated carbocycles. The minimum Gasteiger partial charge on any atom is -0.321 e. The molecule has 0 spiro atoms. The molecule has 0 fully saturated rings. The SMILES string of the molecule is NCC#Cc1cc(NC(=O)c2ccc(F)cn2)ccc1Cl. The third kappa shape index (κ3) is 4.02. The highest BCUT2D eigenvalue weighted by Crippen LogP contribution is 2.20. The zero-order valence-corrected chi connectivity index (χ0v) is 11.6. The molecule has 0 radical (unpaired) electrons. The Morgan fingerprint density at radius 2 is 2.19 bits per heavy atom. The van der Waals surface area contributed by atoms with Crippen LogP contribution < -0.4 is 11.1 Å². The van der Waals surface area contributed by atoms with Crippen LogP contribution in [0.15, 0.2) is 36.5 Å². The van der Waals surface area contributed by atoms with Crippen LogP contribution in [0.25, 0.3) is 0 Å². The molecule has 106 valence electrons. The van der Waals surface area contributed by atoms with Crippen LogP contribution in [0.3, 0.4) is 0 Å². The molecule has 21 heavy (non-hydrogen) atoms. The minimum atomic E-state index is -0.502. The van der Waals surface area contributed by atoms with Gasteiger partial charge in [0, 0.05) is 11.3 Å². The molecule has 1 amide bonds. The molecule has 1 aromatic carbocycles. The van der Waals surface area contributed by atoms with E-state index < -0.39 is 11.7 Å². The standard InChI is InChI=1S/C15H11ClFN3O/c16-13-5-4-12(8-10(13)2-1-7-18)20-15(21)14-6-3-11(17)9-19-14/h3-6,8-9H,7,18H2,(H,20,21). The van der Waals surface area contributed by atoms with Crippen molar-refractivity contribution in [2.24, 2.45) is 5.73 Å². The van der Waals surface area contributed by atoms with Crippen LogP contribution in [0, 0.1) is 17.7 Å². The van der Waals surface area contributed by atoms with Crippen molar-refractivity contribution in [3.63, 3.8) is 0 Å². The molecule has 1 aromatic heterocycles. The van der Waals surface area contributed by atoms with Gasteiger partial charge in [0.05, 0.1) is 17.8 Å². The molecule has 2 aromatic rings. The van der Waals surface area contributed by atoms with Crippen molar-refractivity contribution in [2.45, 2.75) is 0 Å². The zero-order valence-electron chi connectivity index (χ0n) is 10.9. The summed E-state index contributed by atoms with van der Waals surface area (Å²) in [4.78, 5) is 15.7. The van der Waals surface area contributed by atoms with E-state index in [0.717, 1.165) is 6.20 Å². The number of benzene rings is 1. The number of rotatable bonds is 2. The molecule has 0 aliphatic rings.